The predicted molar refractivity (Wildman–Crippen MR) is 122 cm³/mol. The highest BCUT2D eigenvalue weighted by atomic mass is 35.5. The summed E-state index contributed by atoms with van der Waals surface area (Å²) >= 11 is 7.76. The molecule has 4 rings (SSSR count). The average Bonchev–Trinajstić information content (AvgIpc) is 3.22. The van der Waals surface area contributed by atoms with E-state index in [0.717, 1.165) is 11.3 Å². The van der Waals surface area contributed by atoms with Crippen molar-refractivity contribution in [2.75, 3.05) is 19.5 Å². The standard InChI is InChI=1S/C22H19ClN4O3S/c1-3-30-21(28)17(12-15-6-4-5-7-18(15)23)19-13-31-22-25-24-20(27(22)26-19)14-8-10-16(29-2)11-9-14/h4-12H,3,13H2,1-2H3/b17-12-. The van der Waals surface area contributed by atoms with Crippen LogP contribution in [0.15, 0.2) is 64.4 Å². The van der Waals surface area contributed by atoms with Gasteiger partial charge in [0.25, 0.3) is 0 Å². The molecule has 1 aromatic heterocycles. The molecule has 9 heteroatoms. The molecule has 0 atom stereocenters. The van der Waals surface area contributed by atoms with E-state index in [9.17, 15) is 4.79 Å². The van der Waals surface area contributed by atoms with Gasteiger partial charge in [0, 0.05) is 16.3 Å². The molecule has 0 saturated carbocycles. The van der Waals surface area contributed by atoms with Crippen molar-refractivity contribution in [1.82, 2.24) is 14.9 Å². The Balaban J connectivity index is 1.77. The Labute approximate surface area is 188 Å². The molecule has 2 aromatic carbocycles. The van der Waals surface area contributed by atoms with E-state index in [-0.39, 0.29) is 6.61 Å². The third-order valence-electron chi connectivity index (χ3n) is 4.53. The molecule has 2 heterocycles. The van der Waals surface area contributed by atoms with Crippen molar-refractivity contribution in [2.45, 2.75) is 12.1 Å². The van der Waals surface area contributed by atoms with Crippen molar-refractivity contribution >= 4 is 41.1 Å². The highest BCUT2D eigenvalue weighted by Crippen LogP contribution is 2.30. The molecule has 1 aliphatic heterocycles. The predicted octanol–water partition coefficient (Wildman–Crippen LogP) is 4.56. The lowest BCUT2D eigenvalue weighted by Crippen LogP contribution is -2.21. The number of ether oxygens (including phenoxy) is 2. The summed E-state index contributed by atoms with van der Waals surface area (Å²) in [6, 6.07) is 14.8. The number of aromatic nitrogens is 3. The Morgan fingerprint density at radius 2 is 1.97 bits per heavy atom. The molecule has 0 radical (unpaired) electrons. The quantitative estimate of drug-likeness (QED) is 0.401. The van der Waals surface area contributed by atoms with E-state index in [1.807, 2.05) is 42.5 Å². The van der Waals surface area contributed by atoms with Crippen LogP contribution >= 0.6 is 23.4 Å². The molecule has 0 fully saturated rings. The van der Waals surface area contributed by atoms with Crippen molar-refractivity contribution in [1.29, 1.82) is 0 Å². The first-order chi connectivity index (χ1) is 15.1. The minimum atomic E-state index is -0.454. The van der Waals surface area contributed by atoms with Crippen LogP contribution in [0.5, 0.6) is 5.75 Å². The van der Waals surface area contributed by atoms with Crippen LogP contribution in [0.2, 0.25) is 5.02 Å². The third kappa shape index (κ3) is 4.50. The lowest BCUT2D eigenvalue weighted by atomic mass is 10.1. The molecule has 158 valence electrons. The number of thioether (sulfide) groups is 1. The molecule has 3 aromatic rings. The van der Waals surface area contributed by atoms with Crippen LogP contribution in [0.25, 0.3) is 17.5 Å². The Morgan fingerprint density at radius 3 is 2.68 bits per heavy atom. The Bertz CT molecular complexity index is 1170. The van der Waals surface area contributed by atoms with E-state index in [1.54, 1.807) is 30.9 Å². The Hall–Kier alpha value is -3.10. The third-order valence-corrected chi connectivity index (χ3v) is 5.81. The number of nitrogens with zero attached hydrogens (tertiary/aromatic N) is 4. The lowest BCUT2D eigenvalue weighted by Gasteiger charge is -2.16. The number of hydrogen-bond acceptors (Lipinski definition) is 7. The van der Waals surface area contributed by atoms with Crippen molar-refractivity contribution in [3.8, 4) is 17.1 Å². The maximum absolute atomic E-state index is 12.8. The fourth-order valence-corrected chi connectivity index (χ4v) is 4.01. The van der Waals surface area contributed by atoms with Crippen molar-refractivity contribution in [3.63, 3.8) is 0 Å². The minimum Gasteiger partial charge on any atom is -0.497 e. The number of hydrogen-bond donors (Lipinski definition) is 0. The lowest BCUT2D eigenvalue weighted by molar-refractivity contribution is -0.137. The summed E-state index contributed by atoms with van der Waals surface area (Å²) in [6.07, 6.45) is 1.71. The monoisotopic (exact) mass is 454 g/mol. The summed E-state index contributed by atoms with van der Waals surface area (Å²) in [6.45, 7) is 2.02. The van der Waals surface area contributed by atoms with Crippen LogP contribution in [-0.2, 0) is 9.53 Å². The second-order valence-corrected chi connectivity index (χ2v) is 7.83. The number of methoxy groups -OCH3 is 1. The van der Waals surface area contributed by atoms with Crippen molar-refractivity contribution < 1.29 is 14.3 Å². The van der Waals surface area contributed by atoms with E-state index in [2.05, 4.69) is 10.2 Å². The van der Waals surface area contributed by atoms with Gasteiger partial charge in [0.15, 0.2) is 5.82 Å². The van der Waals surface area contributed by atoms with E-state index in [0.29, 0.717) is 38.6 Å². The van der Waals surface area contributed by atoms with Gasteiger partial charge in [-0.25, -0.2) is 4.79 Å². The van der Waals surface area contributed by atoms with Gasteiger partial charge >= 0.3 is 5.97 Å². The van der Waals surface area contributed by atoms with Gasteiger partial charge in [-0.2, -0.15) is 9.78 Å². The smallest absolute Gasteiger partial charge is 0.340 e. The summed E-state index contributed by atoms with van der Waals surface area (Å²) in [5.74, 6) is 1.32. The molecular formula is C22H19ClN4O3S. The van der Waals surface area contributed by atoms with Gasteiger partial charge in [0.2, 0.25) is 5.16 Å². The first-order valence-electron chi connectivity index (χ1n) is 9.55. The highest BCUT2D eigenvalue weighted by Gasteiger charge is 2.25. The number of esters is 1. The number of carbonyl (C=O) groups is 1. The van der Waals surface area contributed by atoms with Crippen LogP contribution in [0.1, 0.15) is 12.5 Å². The molecular weight excluding hydrogens is 436 g/mol. The fourth-order valence-electron chi connectivity index (χ4n) is 3.00. The Morgan fingerprint density at radius 1 is 1.19 bits per heavy atom. The van der Waals surface area contributed by atoms with Crippen LogP contribution in [0.3, 0.4) is 0 Å². The van der Waals surface area contributed by atoms with Gasteiger partial charge in [-0.1, -0.05) is 41.6 Å². The van der Waals surface area contributed by atoms with E-state index in [1.165, 1.54) is 11.8 Å². The van der Waals surface area contributed by atoms with Gasteiger partial charge in [-0.3, -0.25) is 0 Å². The zero-order valence-corrected chi connectivity index (χ0v) is 18.5. The topological polar surface area (TPSA) is 78.6 Å². The molecule has 7 nitrogen and oxygen atoms in total. The molecule has 1 aliphatic rings. The molecule has 0 aliphatic carbocycles. The molecule has 0 amide bonds. The summed E-state index contributed by atoms with van der Waals surface area (Å²) < 4.78 is 12.1. The van der Waals surface area contributed by atoms with Crippen molar-refractivity contribution in [2.24, 2.45) is 5.10 Å². The minimum absolute atomic E-state index is 0.258. The van der Waals surface area contributed by atoms with Crippen LogP contribution in [0.4, 0.5) is 0 Å². The van der Waals surface area contributed by atoms with E-state index < -0.39 is 5.97 Å². The van der Waals surface area contributed by atoms with Gasteiger partial charge in [-0.15, -0.1) is 10.2 Å². The molecule has 0 spiro atoms. The number of rotatable bonds is 6. The summed E-state index contributed by atoms with van der Waals surface area (Å²) in [7, 11) is 1.61. The molecule has 0 bridgehead atoms. The maximum atomic E-state index is 12.8. The van der Waals surface area contributed by atoms with Crippen LogP contribution in [-0.4, -0.2) is 46.0 Å². The second kappa shape index (κ2) is 9.36. The first kappa shape index (κ1) is 21.1. The Kier molecular flexibility index (Phi) is 6.39. The van der Waals surface area contributed by atoms with Gasteiger partial charge in [0.1, 0.15) is 5.75 Å². The summed E-state index contributed by atoms with van der Waals surface area (Å²) in [5.41, 5.74) is 2.45. The zero-order valence-electron chi connectivity index (χ0n) is 16.9. The normalized spacial score (nSPS) is 13.4. The maximum Gasteiger partial charge on any atom is 0.340 e. The number of carbonyl (C=O) groups excluding carboxylic acids is 1. The molecule has 0 saturated heterocycles. The summed E-state index contributed by atoms with van der Waals surface area (Å²) in [5, 5.41) is 14.4. The van der Waals surface area contributed by atoms with Gasteiger partial charge in [0.05, 0.1) is 25.0 Å². The highest BCUT2D eigenvalue weighted by molar-refractivity contribution is 7.99. The van der Waals surface area contributed by atoms with Crippen molar-refractivity contribution in [3.05, 3.63) is 64.7 Å². The van der Waals surface area contributed by atoms with E-state index in [4.69, 9.17) is 26.2 Å². The number of benzene rings is 2. The fraction of sp³-hybridized carbons (Fsp3) is 0.182. The molecule has 31 heavy (non-hydrogen) atoms. The number of fused-ring (bicyclic) bond motifs is 1. The average molecular weight is 455 g/mol. The van der Waals surface area contributed by atoms with Gasteiger partial charge in [-0.05, 0) is 48.9 Å². The number of halogens is 1. The summed E-state index contributed by atoms with van der Waals surface area (Å²) in [4.78, 5) is 12.8. The van der Waals surface area contributed by atoms with Gasteiger partial charge < -0.3 is 9.47 Å². The first-order valence-corrected chi connectivity index (χ1v) is 10.9. The molecule has 0 unspecified atom stereocenters. The SMILES string of the molecule is CCOC(=O)/C(=C\c1ccccc1Cl)C1=Nn2c(nnc2-c2ccc(OC)cc2)SC1. The second-order valence-electron chi connectivity index (χ2n) is 6.48. The molecule has 0 N–H and O–H groups in total. The van der Waals surface area contributed by atoms with E-state index >= 15 is 0 Å². The zero-order chi connectivity index (χ0) is 21.8. The largest absolute Gasteiger partial charge is 0.497 e. The van der Waals surface area contributed by atoms with Crippen LogP contribution in [0, 0.1) is 0 Å². The van der Waals surface area contributed by atoms with Crippen LogP contribution < -0.4 is 4.74 Å².